The summed E-state index contributed by atoms with van der Waals surface area (Å²) in [5, 5.41) is 14.7. The summed E-state index contributed by atoms with van der Waals surface area (Å²) in [7, 11) is 0. The third-order valence-electron chi connectivity index (χ3n) is 8.57. The van der Waals surface area contributed by atoms with E-state index in [2.05, 4.69) is 85.8 Å². The third-order valence-corrected chi connectivity index (χ3v) is 9.73. The molecule has 0 saturated carbocycles. The molecule has 0 fully saturated rings. The average molecular weight is 779 g/mol. The van der Waals surface area contributed by atoms with Crippen molar-refractivity contribution in [2.75, 3.05) is 0 Å². The summed E-state index contributed by atoms with van der Waals surface area (Å²) < 4.78 is 0. The van der Waals surface area contributed by atoms with Crippen molar-refractivity contribution in [2.45, 2.75) is 70.1 Å². The van der Waals surface area contributed by atoms with Gasteiger partial charge in [0.05, 0.1) is 5.76 Å². The Morgan fingerprint density at radius 3 is 2.23 bits per heavy atom. The zero-order valence-electron chi connectivity index (χ0n) is 26.1. The number of aliphatic hydroxyl groups is 1. The van der Waals surface area contributed by atoms with Crippen molar-refractivity contribution in [3.05, 3.63) is 102 Å². The Morgan fingerprint density at radius 2 is 1.52 bits per heavy atom. The summed E-state index contributed by atoms with van der Waals surface area (Å²) >= 11 is 1.83. The van der Waals surface area contributed by atoms with Crippen LogP contribution in [0, 0.1) is 24.8 Å². The Kier molecular flexibility index (Phi) is 11.6. The summed E-state index contributed by atoms with van der Waals surface area (Å²) in [6.45, 7) is 10.2. The van der Waals surface area contributed by atoms with E-state index in [1.807, 2.05) is 45.7 Å². The molecule has 2 heterocycles. The molecule has 6 rings (SSSR count). The number of nitrogens with zero attached hydrogens (tertiary/aromatic N) is 1. The fourth-order valence-electron chi connectivity index (χ4n) is 5.95. The minimum absolute atomic E-state index is 0. The van der Waals surface area contributed by atoms with Crippen LogP contribution < -0.4 is 0 Å². The van der Waals surface area contributed by atoms with Gasteiger partial charge in [0.15, 0.2) is 5.78 Å². The molecule has 1 aliphatic heterocycles. The first kappa shape index (κ1) is 33.6. The smallest absolute Gasteiger partial charge is 0.162 e. The van der Waals surface area contributed by atoms with Gasteiger partial charge in [0.25, 0.3) is 0 Å². The zero-order valence-corrected chi connectivity index (χ0v) is 29.3. The number of ketones is 1. The van der Waals surface area contributed by atoms with Crippen LogP contribution >= 0.6 is 11.8 Å². The van der Waals surface area contributed by atoms with Crippen molar-refractivity contribution in [3.8, 4) is 22.4 Å². The second-order valence-corrected chi connectivity index (χ2v) is 12.3. The van der Waals surface area contributed by atoms with Crippen LogP contribution in [-0.2, 0) is 24.9 Å². The van der Waals surface area contributed by atoms with E-state index < -0.39 is 0 Å². The summed E-state index contributed by atoms with van der Waals surface area (Å²) in [6.07, 6.45) is 6.91. The molecule has 1 N–H and O–H groups in total. The van der Waals surface area contributed by atoms with E-state index in [0.29, 0.717) is 0 Å². The first-order chi connectivity index (χ1) is 20.9. The zero-order chi connectivity index (χ0) is 30.5. The monoisotopic (exact) mass is 779 g/mol. The molecule has 0 bridgehead atoms. The topological polar surface area (TPSA) is 50.2 Å². The second-order valence-electron chi connectivity index (χ2n) is 11.2. The average Bonchev–Trinajstić information content (AvgIpc) is 3.03. The first-order valence-corrected chi connectivity index (χ1v) is 16.3. The van der Waals surface area contributed by atoms with E-state index in [1.165, 1.54) is 48.7 Å². The van der Waals surface area contributed by atoms with E-state index in [0.717, 1.165) is 42.3 Å². The number of benzene rings is 4. The molecule has 0 saturated heterocycles. The fraction of sp³-hybridized carbons (Fsp3) is 0.282. The van der Waals surface area contributed by atoms with Crippen molar-refractivity contribution in [1.82, 2.24) is 4.98 Å². The quantitative estimate of drug-likeness (QED) is 0.0950. The van der Waals surface area contributed by atoms with Crippen molar-refractivity contribution >= 4 is 39.1 Å². The van der Waals surface area contributed by atoms with E-state index in [4.69, 9.17) is 4.98 Å². The Labute approximate surface area is 279 Å². The number of fused-ring (bicyclic) bond motifs is 3. The summed E-state index contributed by atoms with van der Waals surface area (Å²) in [4.78, 5) is 19.1. The summed E-state index contributed by atoms with van der Waals surface area (Å²) in [5.41, 5.74) is 5.90. The Morgan fingerprint density at radius 1 is 0.864 bits per heavy atom. The molecule has 1 aromatic heterocycles. The largest absolute Gasteiger partial charge is 0.512 e. The third kappa shape index (κ3) is 6.86. The predicted molar refractivity (Wildman–Crippen MR) is 182 cm³/mol. The van der Waals surface area contributed by atoms with E-state index in [1.54, 1.807) is 0 Å². The molecule has 4 aromatic carbocycles. The number of hydrogen-bond acceptors (Lipinski definition) is 4. The number of rotatable bonds is 8. The van der Waals surface area contributed by atoms with Gasteiger partial charge in [0.2, 0.25) is 0 Å². The van der Waals surface area contributed by atoms with Gasteiger partial charge in [-0.1, -0.05) is 98.9 Å². The molecule has 1 aliphatic rings. The molecule has 0 atom stereocenters. The number of hydrogen-bond donors (Lipinski definition) is 1. The maximum Gasteiger partial charge on any atom is 0.162 e. The van der Waals surface area contributed by atoms with E-state index in [9.17, 15) is 9.90 Å². The Hall–Kier alpha value is -3.24. The number of allylic oxidation sites excluding steroid dienone is 2. The van der Waals surface area contributed by atoms with Gasteiger partial charge in [-0.3, -0.25) is 9.78 Å². The van der Waals surface area contributed by atoms with Crippen LogP contribution in [0.5, 0.6) is 0 Å². The van der Waals surface area contributed by atoms with Gasteiger partial charge < -0.3 is 5.11 Å². The van der Waals surface area contributed by atoms with Crippen LogP contribution in [0.3, 0.4) is 0 Å². The van der Waals surface area contributed by atoms with E-state index >= 15 is 0 Å². The van der Waals surface area contributed by atoms with Crippen molar-refractivity contribution < 1.29 is 30.0 Å². The number of aliphatic hydroxyl groups excluding tert-OH is 1. The minimum atomic E-state index is 0. The molecular formula is C39H40IrNO2S-. The molecule has 0 aliphatic carbocycles. The van der Waals surface area contributed by atoms with Crippen LogP contribution in [-0.4, -0.2) is 15.9 Å². The molecule has 44 heavy (non-hydrogen) atoms. The van der Waals surface area contributed by atoms with Crippen LogP contribution in [0.2, 0.25) is 0 Å². The molecule has 0 spiro atoms. The maximum absolute atomic E-state index is 11.7. The molecule has 5 aromatic rings. The van der Waals surface area contributed by atoms with Crippen LogP contribution in [0.4, 0.5) is 0 Å². The summed E-state index contributed by atoms with van der Waals surface area (Å²) in [5.74, 6) is 0.547. The van der Waals surface area contributed by atoms with Gasteiger partial charge in [-0.25, -0.2) is 0 Å². The number of aromatic nitrogens is 1. The number of pyridine rings is 1. The standard InChI is InChI=1S/C26H16NS.C13H24O2.Ir/c1-16-15-27-25(20-13-12-17-6-2-3-7-19(17)14-20)26-23(16)21-10-4-8-18-9-5-11-22(28-26)24(18)21;1-5-10(6-2)12(14)9-13(15)11(7-3)8-4;/h2-13,15H,1H3;9-11,14H,5-8H2,1-4H3;/q-1;;/b;12-9-;. The van der Waals surface area contributed by atoms with E-state index in [-0.39, 0.29) is 43.5 Å². The SMILES string of the molecule is CCC(CC)C(=O)/C=C(\O)C(CC)CC.Cc1cnc(-c2[c-]c3ccccc3cc2)c2c1-c1cccc3cccc(c13)S2.[Ir]. The number of carbonyl (C=O) groups is 1. The molecule has 1 radical (unpaired) electrons. The van der Waals surface area contributed by atoms with Crippen molar-refractivity contribution in [3.63, 3.8) is 0 Å². The first-order valence-electron chi connectivity index (χ1n) is 15.4. The van der Waals surface area contributed by atoms with Gasteiger partial charge in [0.1, 0.15) is 0 Å². The molecule has 229 valence electrons. The normalized spacial score (nSPS) is 12.1. The van der Waals surface area contributed by atoms with Crippen LogP contribution in [0.15, 0.2) is 101 Å². The van der Waals surface area contributed by atoms with Gasteiger partial charge in [-0.05, 0) is 60.7 Å². The number of carbonyl (C=O) groups excluding carboxylic acids is 1. The van der Waals surface area contributed by atoms with Gasteiger partial charge in [-0.15, -0.1) is 29.7 Å². The molecule has 3 nitrogen and oxygen atoms in total. The Balaban J connectivity index is 0.000000239. The molecular weight excluding hydrogens is 739 g/mol. The summed E-state index contributed by atoms with van der Waals surface area (Å²) in [6, 6.07) is 29.4. The predicted octanol–water partition coefficient (Wildman–Crippen LogP) is 11.2. The second kappa shape index (κ2) is 15.2. The van der Waals surface area contributed by atoms with Crippen molar-refractivity contribution in [2.24, 2.45) is 11.8 Å². The molecule has 5 heteroatoms. The van der Waals surface area contributed by atoms with Gasteiger partial charge in [-0.2, -0.15) is 0 Å². The Bertz CT molecular complexity index is 1800. The fourth-order valence-corrected chi connectivity index (χ4v) is 7.28. The minimum Gasteiger partial charge on any atom is -0.512 e. The maximum atomic E-state index is 11.7. The molecule has 0 unspecified atom stereocenters. The van der Waals surface area contributed by atoms with Gasteiger partial charge in [0, 0.05) is 65.1 Å². The van der Waals surface area contributed by atoms with Crippen molar-refractivity contribution in [1.29, 1.82) is 0 Å². The number of aryl methyl sites for hydroxylation is 1. The van der Waals surface area contributed by atoms with Crippen LogP contribution in [0.1, 0.15) is 58.9 Å². The molecule has 0 amide bonds. The van der Waals surface area contributed by atoms with Gasteiger partial charge >= 0.3 is 0 Å². The van der Waals surface area contributed by atoms with Crippen LogP contribution in [0.25, 0.3) is 43.9 Å².